The molecule has 4 rings (SSSR count). The summed E-state index contributed by atoms with van der Waals surface area (Å²) >= 11 is 19.5. The molecule has 0 spiro atoms. The molecular weight excluding hydrogens is 677 g/mol. The van der Waals surface area contributed by atoms with E-state index in [1.165, 1.54) is 23.1 Å². The molecule has 47 heavy (non-hydrogen) atoms. The van der Waals surface area contributed by atoms with Crippen molar-refractivity contribution in [1.29, 1.82) is 0 Å². The van der Waals surface area contributed by atoms with Crippen LogP contribution in [0.1, 0.15) is 42.5 Å². The van der Waals surface area contributed by atoms with E-state index in [1.54, 1.807) is 49.4 Å². The molecule has 7 nitrogen and oxygen atoms in total. The van der Waals surface area contributed by atoms with Gasteiger partial charge in [-0.15, -0.1) is 0 Å². The molecule has 4 aromatic carbocycles. The highest BCUT2D eigenvalue weighted by Crippen LogP contribution is 2.31. The second-order valence-corrected chi connectivity index (χ2v) is 14.6. The molecule has 0 aliphatic rings. The Balaban J connectivity index is 1.87. The molecule has 0 radical (unpaired) electrons. The number of nitrogens with zero attached hydrogens (tertiary/aromatic N) is 2. The van der Waals surface area contributed by atoms with Crippen LogP contribution in [-0.2, 0) is 32.6 Å². The minimum atomic E-state index is -4.28. The number of amides is 2. The zero-order valence-corrected chi connectivity index (χ0v) is 29.8. The zero-order chi connectivity index (χ0) is 34.3. The fourth-order valence-electron chi connectivity index (χ4n) is 5.05. The Morgan fingerprint density at radius 3 is 2.11 bits per heavy atom. The van der Waals surface area contributed by atoms with Gasteiger partial charge in [0.15, 0.2) is 0 Å². The van der Waals surface area contributed by atoms with Crippen molar-refractivity contribution in [2.45, 2.75) is 64.1 Å². The minimum absolute atomic E-state index is 0.00585. The lowest BCUT2D eigenvalue weighted by molar-refractivity contribution is -0.140. The third-order valence-corrected chi connectivity index (χ3v) is 10.7. The Hall–Kier alpha value is -3.56. The van der Waals surface area contributed by atoms with Gasteiger partial charge in [0.2, 0.25) is 11.8 Å². The van der Waals surface area contributed by atoms with Crippen molar-refractivity contribution >= 4 is 62.3 Å². The van der Waals surface area contributed by atoms with E-state index in [-0.39, 0.29) is 35.5 Å². The highest BCUT2D eigenvalue weighted by Gasteiger charge is 2.36. The molecule has 0 bridgehead atoms. The summed E-state index contributed by atoms with van der Waals surface area (Å²) in [6, 6.07) is 24.4. The average Bonchev–Trinajstić information content (AvgIpc) is 3.04. The molecule has 0 saturated heterocycles. The summed E-state index contributed by atoms with van der Waals surface area (Å²) in [5.41, 5.74) is 2.96. The van der Waals surface area contributed by atoms with E-state index in [2.05, 4.69) is 5.32 Å². The van der Waals surface area contributed by atoms with Crippen LogP contribution in [0.5, 0.6) is 0 Å². The maximum atomic E-state index is 14.7. The second-order valence-electron chi connectivity index (χ2n) is 11.5. The number of sulfonamides is 1. The summed E-state index contributed by atoms with van der Waals surface area (Å²) in [6.45, 7) is 6.66. The summed E-state index contributed by atoms with van der Waals surface area (Å²) in [4.78, 5) is 30.1. The van der Waals surface area contributed by atoms with Gasteiger partial charge >= 0.3 is 0 Å². The van der Waals surface area contributed by atoms with Crippen LogP contribution in [0, 0.1) is 13.8 Å². The Kier molecular flexibility index (Phi) is 12.4. The van der Waals surface area contributed by atoms with Crippen molar-refractivity contribution in [3.05, 3.63) is 128 Å². The maximum Gasteiger partial charge on any atom is 0.264 e. The number of nitrogens with one attached hydrogen (secondary N) is 1. The largest absolute Gasteiger partial charge is 0.352 e. The second kappa shape index (κ2) is 16.0. The van der Waals surface area contributed by atoms with Crippen LogP contribution < -0.4 is 9.62 Å². The maximum absolute atomic E-state index is 14.7. The Bertz CT molecular complexity index is 1800. The molecule has 4 aromatic rings. The van der Waals surface area contributed by atoms with Gasteiger partial charge in [-0.25, -0.2) is 8.42 Å². The lowest BCUT2D eigenvalue weighted by Gasteiger charge is -2.35. The molecule has 2 amide bonds. The van der Waals surface area contributed by atoms with Crippen molar-refractivity contribution in [3.8, 4) is 0 Å². The SMILES string of the molecule is CC[C@@H](C)NC(=O)[C@H](Cc1ccccc1)N(Cc1c(Cl)cccc1Cl)C(=O)CN(c1cc(Cl)ccc1C)S(=O)(=O)c1ccc(C)cc1. The zero-order valence-electron chi connectivity index (χ0n) is 26.7. The first-order valence-corrected chi connectivity index (χ1v) is 17.8. The van der Waals surface area contributed by atoms with Gasteiger partial charge in [-0.05, 0) is 74.7 Å². The van der Waals surface area contributed by atoms with Gasteiger partial charge in [-0.2, -0.15) is 0 Å². The standard InChI is InChI=1S/C36H38Cl3N3O4S/c1-5-26(4)40-36(44)34(20-27-10-7-6-8-11-27)41(22-30-31(38)12-9-13-32(30)39)35(43)23-42(33-21-28(37)17-16-25(33)3)47(45,46)29-18-14-24(2)15-19-29/h6-19,21,26,34H,5,20,22-23H2,1-4H3,(H,40,44)/t26-,34+/m1/s1. The number of carbonyl (C=O) groups excluding carboxylic acids is 2. The molecule has 2 atom stereocenters. The third-order valence-electron chi connectivity index (χ3n) is 7.99. The van der Waals surface area contributed by atoms with Crippen LogP contribution >= 0.6 is 34.8 Å². The van der Waals surface area contributed by atoms with E-state index in [4.69, 9.17) is 34.8 Å². The van der Waals surface area contributed by atoms with Gasteiger partial charge in [-0.3, -0.25) is 13.9 Å². The summed E-state index contributed by atoms with van der Waals surface area (Å²) in [5, 5.41) is 3.94. The topological polar surface area (TPSA) is 86.8 Å². The summed E-state index contributed by atoms with van der Waals surface area (Å²) in [5.74, 6) is -1.01. The number of hydrogen-bond acceptors (Lipinski definition) is 4. The van der Waals surface area contributed by atoms with Gasteiger partial charge in [0.25, 0.3) is 10.0 Å². The minimum Gasteiger partial charge on any atom is -0.352 e. The monoisotopic (exact) mass is 713 g/mol. The lowest BCUT2D eigenvalue weighted by Crippen LogP contribution is -2.54. The molecule has 0 unspecified atom stereocenters. The van der Waals surface area contributed by atoms with Gasteiger partial charge in [-0.1, -0.05) is 102 Å². The van der Waals surface area contributed by atoms with Gasteiger partial charge in [0.1, 0.15) is 12.6 Å². The van der Waals surface area contributed by atoms with Crippen molar-refractivity contribution in [2.75, 3.05) is 10.8 Å². The number of aryl methyl sites for hydroxylation is 2. The smallest absolute Gasteiger partial charge is 0.264 e. The first-order valence-electron chi connectivity index (χ1n) is 15.2. The number of benzene rings is 4. The molecule has 11 heteroatoms. The fraction of sp³-hybridized carbons (Fsp3) is 0.278. The quantitative estimate of drug-likeness (QED) is 0.152. The van der Waals surface area contributed by atoms with E-state index in [1.807, 2.05) is 51.1 Å². The van der Waals surface area contributed by atoms with Crippen LogP contribution in [0.25, 0.3) is 0 Å². The Morgan fingerprint density at radius 2 is 1.49 bits per heavy atom. The highest BCUT2D eigenvalue weighted by molar-refractivity contribution is 7.92. The van der Waals surface area contributed by atoms with Crippen LogP contribution in [-0.4, -0.2) is 43.8 Å². The first kappa shape index (κ1) is 36.3. The number of rotatable bonds is 13. The third kappa shape index (κ3) is 9.08. The Morgan fingerprint density at radius 1 is 0.851 bits per heavy atom. The van der Waals surface area contributed by atoms with Crippen molar-refractivity contribution in [3.63, 3.8) is 0 Å². The number of hydrogen-bond donors (Lipinski definition) is 1. The van der Waals surface area contributed by atoms with Gasteiger partial charge < -0.3 is 10.2 Å². The van der Waals surface area contributed by atoms with E-state index < -0.39 is 28.5 Å². The number of halogens is 3. The van der Waals surface area contributed by atoms with Crippen molar-refractivity contribution < 1.29 is 18.0 Å². The molecule has 0 aromatic heterocycles. The molecule has 0 fully saturated rings. The summed E-state index contributed by atoms with van der Waals surface area (Å²) in [6.07, 6.45) is 0.836. The van der Waals surface area contributed by atoms with E-state index in [0.29, 0.717) is 32.6 Å². The fourth-order valence-corrected chi connectivity index (χ4v) is 7.20. The first-order chi connectivity index (χ1) is 22.3. The van der Waals surface area contributed by atoms with Crippen LogP contribution in [0.4, 0.5) is 5.69 Å². The normalized spacial score (nSPS) is 12.7. The molecule has 248 valence electrons. The molecule has 0 heterocycles. The lowest BCUT2D eigenvalue weighted by atomic mass is 10.0. The predicted octanol–water partition coefficient (Wildman–Crippen LogP) is 8.01. The number of anilines is 1. The highest BCUT2D eigenvalue weighted by atomic mass is 35.5. The van der Waals surface area contributed by atoms with Crippen LogP contribution in [0.15, 0.2) is 95.9 Å². The average molecular weight is 715 g/mol. The van der Waals surface area contributed by atoms with Crippen LogP contribution in [0.3, 0.4) is 0 Å². The number of carbonyl (C=O) groups is 2. The van der Waals surface area contributed by atoms with E-state index in [9.17, 15) is 18.0 Å². The Labute approximate surface area is 292 Å². The molecule has 0 aliphatic carbocycles. The summed E-state index contributed by atoms with van der Waals surface area (Å²) in [7, 11) is -4.28. The van der Waals surface area contributed by atoms with Crippen molar-refractivity contribution in [2.24, 2.45) is 0 Å². The van der Waals surface area contributed by atoms with Gasteiger partial charge in [0, 0.05) is 39.6 Å². The predicted molar refractivity (Wildman–Crippen MR) is 191 cm³/mol. The summed E-state index contributed by atoms with van der Waals surface area (Å²) < 4.78 is 29.7. The van der Waals surface area contributed by atoms with Crippen LogP contribution in [0.2, 0.25) is 15.1 Å². The molecular formula is C36H38Cl3N3O4S. The van der Waals surface area contributed by atoms with E-state index in [0.717, 1.165) is 15.4 Å². The molecule has 0 saturated carbocycles. The van der Waals surface area contributed by atoms with Gasteiger partial charge in [0.05, 0.1) is 10.6 Å². The van der Waals surface area contributed by atoms with Crippen molar-refractivity contribution in [1.82, 2.24) is 10.2 Å². The molecule has 1 N–H and O–H groups in total. The van der Waals surface area contributed by atoms with E-state index >= 15 is 0 Å². The molecule has 0 aliphatic heterocycles.